The molecule has 0 saturated heterocycles. The predicted octanol–water partition coefficient (Wildman–Crippen LogP) is 2.85. The number of ether oxygens (including phenoxy) is 2. The molecule has 0 heterocycles. The Labute approximate surface area is 111 Å². The van der Waals surface area contributed by atoms with E-state index in [0.717, 1.165) is 5.56 Å². The van der Waals surface area contributed by atoms with Gasteiger partial charge in [-0.25, -0.2) is 4.79 Å². The summed E-state index contributed by atoms with van der Waals surface area (Å²) >= 11 is 0. The van der Waals surface area contributed by atoms with Crippen LogP contribution in [0.4, 0.5) is 0 Å². The molecular weight excluding hydrogens is 244 g/mol. The highest BCUT2D eigenvalue weighted by atomic mass is 16.5. The first-order chi connectivity index (χ1) is 9.19. The van der Waals surface area contributed by atoms with Gasteiger partial charge in [0, 0.05) is 5.56 Å². The lowest BCUT2D eigenvalue weighted by molar-refractivity contribution is 0.0597. The van der Waals surface area contributed by atoms with Crippen LogP contribution in [0.5, 0.6) is 11.5 Å². The fourth-order valence-corrected chi connectivity index (χ4v) is 1.94. The highest BCUT2D eigenvalue weighted by Crippen LogP contribution is 2.37. The van der Waals surface area contributed by atoms with Crippen molar-refractivity contribution in [3.63, 3.8) is 0 Å². The van der Waals surface area contributed by atoms with Crippen LogP contribution in [0.2, 0.25) is 0 Å². The van der Waals surface area contributed by atoms with Gasteiger partial charge < -0.3 is 14.6 Å². The molecule has 0 aliphatic heterocycles. The van der Waals surface area contributed by atoms with E-state index < -0.39 is 5.97 Å². The third-order valence-electron chi connectivity index (χ3n) is 2.82. The Morgan fingerprint density at radius 2 is 1.74 bits per heavy atom. The molecule has 4 heteroatoms. The Kier molecular flexibility index (Phi) is 3.71. The zero-order chi connectivity index (χ0) is 13.8. The van der Waals surface area contributed by atoms with Crippen molar-refractivity contribution < 1.29 is 19.4 Å². The van der Waals surface area contributed by atoms with E-state index in [1.165, 1.54) is 20.3 Å². The van der Waals surface area contributed by atoms with Crippen molar-refractivity contribution in [3.8, 4) is 22.6 Å². The lowest BCUT2D eigenvalue weighted by atomic mass is 9.98. The Morgan fingerprint density at radius 3 is 2.32 bits per heavy atom. The van der Waals surface area contributed by atoms with Crippen molar-refractivity contribution in [3.05, 3.63) is 48.0 Å². The summed E-state index contributed by atoms with van der Waals surface area (Å²) < 4.78 is 9.88. The first-order valence-corrected chi connectivity index (χ1v) is 5.72. The predicted molar refractivity (Wildman–Crippen MR) is 71.4 cm³/mol. The normalized spacial score (nSPS) is 10.0. The van der Waals surface area contributed by atoms with Gasteiger partial charge >= 0.3 is 5.97 Å². The molecule has 0 radical (unpaired) electrons. The second-order valence-electron chi connectivity index (χ2n) is 3.90. The number of hydrogen-bond acceptors (Lipinski definition) is 4. The van der Waals surface area contributed by atoms with Gasteiger partial charge in [0.25, 0.3) is 0 Å². The molecule has 0 aliphatic rings. The maximum Gasteiger partial charge on any atom is 0.342 e. The summed E-state index contributed by atoms with van der Waals surface area (Å²) in [4.78, 5) is 11.9. The van der Waals surface area contributed by atoms with Crippen molar-refractivity contribution in [2.24, 2.45) is 0 Å². The van der Waals surface area contributed by atoms with E-state index in [2.05, 4.69) is 0 Å². The van der Waals surface area contributed by atoms with Crippen LogP contribution >= 0.6 is 0 Å². The monoisotopic (exact) mass is 258 g/mol. The minimum absolute atomic E-state index is 0.0948. The molecule has 0 aromatic heterocycles. The standard InChI is InChI=1S/C15H14O4/c1-18-14-12(16)9-8-11(13(14)15(17)19-2)10-6-4-3-5-7-10/h3-9,16H,1-2H3. The fourth-order valence-electron chi connectivity index (χ4n) is 1.94. The molecule has 19 heavy (non-hydrogen) atoms. The Morgan fingerprint density at radius 1 is 1.05 bits per heavy atom. The van der Waals surface area contributed by atoms with Crippen LogP contribution in [-0.4, -0.2) is 25.3 Å². The number of esters is 1. The third kappa shape index (κ3) is 2.38. The van der Waals surface area contributed by atoms with Gasteiger partial charge in [-0.15, -0.1) is 0 Å². The first kappa shape index (κ1) is 13.0. The SMILES string of the molecule is COC(=O)c1c(-c2ccccc2)ccc(O)c1OC. The molecule has 0 spiro atoms. The molecule has 0 saturated carbocycles. The summed E-state index contributed by atoms with van der Waals surface area (Å²) in [5.41, 5.74) is 1.72. The van der Waals surface area contributed by atoms with Gasteiger partial charge in [0.05, 0.1) is 14.2 Å². The maximum atomic E-state index is 11.9. The lowest BCUT2D eigenvalue weighted by Gasteiger charge is -2.13. The van der Waals surface area contributed by atoms with E-state index in [1.807, 2.05) is 30.3 Å². The van der Waals surface area contributed by atoms with Crippen LogP contribution in [0.3, 0.4) is 0 Å². The van der Waals surface area contributed by atoms with Gasteiger partial charge in [0.2, 0.25) is 0 Å². The van der Waals surface area contributed by atoms with Crippen LogP contribution in [0.1, 0.15) is 10.4 Å². The topological polar surface area (TPSA) is 55.8 Å². The molecule has 4 nitrogen and oxygen atoms in total. The summed E-state index contributed by atoms with van der Waals surface area (Å²) in [5.74, 6) is -0.526. The number of phenolic OH excluding ortho intramolecular Hbond substituents is 1. The summed E-state index contributed by atoms with van der Waals surface area (Å²) in [6.07, 6.45) is 0. The maximum absolute atomic E-state index is 11.9. The lowest BCUT2D eigenvalue weighted by Crippen LogP contribution is -2.06. The largest absolute Gasteiger partial charge is 0.504 e. The quantitative estimate of drug-likeness (QED) is 0.860. The van der Waals surface area contributed by atoms with E-state index in [-0.39, 0.29) is 17.1 Å². The molecule has 0 aliphatic carbocycles. The van der Waals surface area contributed by atoms with Crippen molar-refractivity contribution in [2.45, 2.75) is 0 Å². The van der Waals surface area contributed by atoms with Crippen LogP contribution in [0.25, 0.3) is 11.1 Å². The van der Waals surface area contributed by atoms with E-state index >= 15 is 0 Å². The van der Waals surface area contributed by atoms with Crippen LogP contribution in [0, 0.1) is 0 Å². The minimum atomic E-state index is -0.549. The van der Waals surface area contributed by atoms with Gasteiger partial charge in [-0.1, -0.05) is 30.3 Å². The van der Waals surface area contributed by atoms with Gasteiger partial charge in [-0.2, -0.15) is 0 Å². The van der Waals surface area contributed by atoms with Crippen LogP contribution < -0.4 is 4.74 Å². The smallest absolute Gasteiger partial charge is 0.342 e. The highest BCUT2D eigenvalue weighted by molar-refractivity contribution is 6.01. The zero-order valence-electron chi connectivity index (χ0n) is 10.7. The van der Waals surface area contributed by atoms with Crippen molar-refractivity contribution in [2.75, 3.05) is 14.2 Å². The average molecular weight is 258 g/mol. The average Bonchev–Trinajstić information content (AvgIpc) is 2.47. The second kappa shape index (κ2) is 5.44. The summed E-state index contributed by atoms with van der Waals surface area (Å²) in [6.45, 7) is 0. The van der Waals surface area contributed by atoms with Crippen molar-refractivity contribution >= 4 is 5.97 Å². The molecule has 2 rings (SSSR count). The molecule has 0 fully saturated rings. The van der Waals surface area contributed by atoms with Gasteiger partial charge in [0.1, 0.15) is 5.56 Å². The van der Waals surface area contributed by atoms with Crippen molar-refractivity contribution in [1.29, 1.82) is 0 Å². The molecule has 2 aromatic rings. The van der Waals surface area contributed by atoms with E-state index in [1.54, 1.807) is 6.07 Å². The van der Waals surface area contributed by atoms with Crippen LogP contribution in [0.15, 0.2) is 42.5 Å². The van der Waals surface area contributed by atoms with Crippen molar-refractivity contribution in [1.82, 2.24) is 0 Å². The van der Waals surface area contributed by atoms with Crippen LogP contribution in [-0.2, 0) is 4.74 Å². The molecule has 1 N–H and O–H groups in total. The number of aromatic hydroxyl groups is 1. The number of methoxy groups -OCH3 is 2. The highest BCUT2D eigenvalue weighted by Gasteiger charge is 2.22. The Hall–Kier alpha value is -2.49. The van der Waals surface area contributed by atoms with E-state index in [9.17, 15) is 9.90 Å². The summed E-state index contributed by atoms with van der Waals surface area (Å²) in [6, 6.07) is 12.5. The molecule has 0 unspecified atom stereocenters. The van der Waals surface area contributed by atoms with Gasteiger partial charge in [0.15, 0.2) is 11.5 Å². The Bertz CT molecular complexity index is 591. The summed E-state index contributed by atoms with van der Waals surface area (Å²) in [5, 5.41) is 9.77. The molecule has 0 amide bonds. The number of benzene rings is 2. The third-order valence-corrected chi connectivity index (χ3v) is 2.82. The molecular formula is C15H14O4. The second-order valence-corrected chi connectivity index (χ2v) is 3.90. The number of phenols is 1. The number of rotatable bonds is 3. The van der Waals surface area contributed by atoms with E-state index in [4.69, 9.17) is 9.47 Å². The number of hydrogen-bond donors (Lipinski definition) is 1. The molecule has 98 valence electrons. The minimum Gasteiger partial charge on any atom is -0.504 e. The number of carbonyl (C=O) groups is 1. The van der Waals surface area contributed by atoms with Gasteiger partial charge in [-0.05, 0) is 17.7 Å². The zero-order valence-corrected chi connectivity index (χ0v) is 10.7. The molecule has 2 aromatic carbocycles. The van der Waals surface area contributed by atoms with Gasteiger partial charge in [-0.3, -0.25) is 0 Å². The summed E-state index contributed by atoms with van der Waals surface area (Å²) in [7, 11) is 2.69. The van der Waals surface area contributed by atoms with E-state index in [0.29, 0.717) is 5.56 Å². The fraction of sp³-hybridized carbons (Fsp3) is 0.133. The Balaban J connectivity index is 2.71. The number of carbonyl (C=O) groups excluding carboxylic acids is 1. The first-order valence-electron chi connectivity index (χ1n) is 5.72. The molecule has 0 bridgehead atoms. The molecule has 0 atom stereocenters.